The smallest absolute Gasteiger partial charge is 0.239 e. The number of fused-ring (bicyclic) bond motifs is 1. The topological polar surface area (TPSA) is 96.7 Å². The average molecular weight is 433 g/mol. The maximum absolute atomic E-state index is 14.6. The number of carbonyl (C=O) groups excluding carboxylic acids is 1. The fourth-order valence-electron chi connectivity index (χ4n) is 3.67. The summed E-state index contributed by atoms with van der Waals surface area (Å²) in [4.78, 5) is 26.4. The van der Waals surface area contributed by atoms with E-state index in [1.807, 2.05) is 41.3 Å². The number of carbonyl (C=O) groups is 1. The highest BCUT2D eigenvalue weighted by molar-refractivity contribution is 5.83. The first kappa shape index (κ1) is 19.7. The molecule has 0 radical (unpaired) electrons. The molecule has 10 heteroatoms. The number of pyridine rings is 1. The van der Waals surface area contributed by atoms with Gasteiger partial charge < -0.3 is 20.3 Å². The summed E-state index contributed by atoms with van der Waals surface area (Å²) in [6, 6.07) is 11.1. The molecule has 162 valence electrons. The number of nitrogens with zero attached hydrogens (tertiary/aromatic N) is 5. The quantitative estimate of drug-likeness (QED) is 0.499. The van der Waals surface area contributed by atoms with Gasteiger partial charge >= 0.3 is 0 Å². The monoisotopic (exact) mass is 433 g/mol. The van der Waals surface area contributed by atoms with Crippen molar-refractivity contribution in [3.05, 3.63) is 60.8 Å². The average Bonchev–Trinajstić information content (AvgIpc) is 3.24. The second kappa shape index (κ2) is 8.14. The van der Waals surface area contributed by atoms with Gasteiger partial charge in [-0.05, 0) is 24.3 Å². The fourth-order valence-corrected chi connectivity index (χ4v) is 3.67. The van der Waals surface area contributed by atoms with Crippen molar-refractivity contribution in [1.82, 2.24) is 24.7 Å². The molecule has 9 nitrogen and oxygen atoms in total. The van der Waals surface area contributed by atoms with Crippen molar-refractivity contribution in [3.8, 4) is 17.1 Å². The number of amides is 1. The summed E-state index contributed by atoms with van der Waals surface area (Å²) in [6.45, 7) is 1.60. The summed E-state index contributed by atoms with van der Waals surface area (Å²) in [5.41, 5.74) is 2.84. The van der Waals surface area contributed by atoms with Gasteiger partial charge in [0.2, 0.25) is 11.9 Å². The van der Waals surface area contributed by atoms with Gasteiger partial charge in [-0.25, -0.2) is 19.3 Å². The first-order valence-corrected chi connectivity index (χ1v) is 10.0. The largest absolute Gasteiger partial charge is 0.494 e. The molecule has 0 saturated carbocycles. The number of ether oxygens (including phenoxy) is 1. The third-order valence-electron chi connectivity index (χ3n) is 5.24. The lowest BCUT2D eigenvalue weighted by Gasteiger charge is -2.29. The van der Waals surface area contributed by atoms with Crippen LogP contribution >= 0.6 is 0 Å². The van der Waals surface area contributed by atoms with Crippen LogP contribution in [0.25, 0.3) is 17.0 Å². The van der Waals surface area contributed by atoms with E-state index >= 15 is 0 Å². The fraction of sp³-hybridized carbons (Fsp3) is 0.182. The first-order valence-electron chi connectivity index (χ1n) is 10.0. The standard InChI is InChI=1S/C22H20FN7O2/c1-32-18-10-14(29-9-7-24-20(31)13-29)5-6-16(18)27-22-26-11-15(23)21(28-22)17-12-25-19-4-2-3-8-30(17)19/h2-6,8,10-12H,7,9,13H2,1H3,(H,24,31)(H,26,27,28). The van der Waals surface area contributed by atoms with Crippen LogP contribution in [0.4, 0.5) is 21.7 Å². The van der Waals surface area contributed by atoms with Crippen LogP contribution in [0.15, 0.2) is 55.0 Å². The Morgan fingerprint density at radius 3 is 2.94 bits per heavy atom. The van der Waals surface area contributed by atoms with Crippen molar-refractivity contribution in [1.29, 1.82) is 0 Å². The third-order valence-corrected chi connectivity index (χ3v) is 5.24. The number of halogens is 1. The van der Waals surface area contributed by atoms with Crippen molar-refractivity contribution >= 4 is 28.9 Å². The van der Waals surface area contributed by atoms with E-state index in [9.17, 15) is 9.18 Å². The molecule has 1 saturated heterocycles. The zero-order valence-corrected chi connectivity index (χ0v) is 17.2. The van der Waals surface area contributed by atoms with Crippen LogP contribution in [-0.2, 0) is 4.79 Å². The molecule has 3 aromatic heterocycles. The van der Waals surface area contributed by atoms with Crippen molar-refractivity contribution in [3.63, 3.8) is 0 Å². The van der Waals surface area contributed by atoms with Crippen molar-refractivity contribution < 1.29 is 13.9 Å². The SMILES string of the molecule is COc1cc(N2CCNC(=O)C2)ccc1Nc1ncc(F)c(-c2cnc3ccccn23)n1. The number of imidazole rings is 1. The molecule has 1 aliphatic heterocycles. The molecule has 0 bridgehead atoms. The number of methoxy groups -OCH3 is 1. The van der Waals surface area contributed by atoms with Crippen LogP contribution in [-0.4, -0.2) is 52.0 Å². The molecule has 1 amide bonds. The van der Waals surface area contributed by atoms with Gasteiger partial charge in [0, 0.05) is 31.0 Å². The minimum atomic E-state index is -0.549. The molecule has 0 atom stereocenters. The van der Waals surface area contributed by atoms with E-state index in [1.165, 1.54) is 0 Å². The molecule has 0 spiro atoms. The van der Waals surface area contributed by atoms with Crippen molar-refractivity contribution in [2.24, 2.45) is 0 Å². The lowest BCUT2D eigenvalue weighted by Crippen LogP contribution is -2.47. The molecule has 1 aromatic carbocycles. The number of nitrogens with one attached hydrogen (secondary N) is 2. The molecule has 0 unspecified atom stereocenters. The van der Waals surface area contributed by atoms with E-state index in [4.69, 9.17) is 4.74 Å². The van der Waals surface area contributed by atoms with Crippen LogP contribution in [0.1, 0.15) is 0 Å². The zero-order chi connectivity index (χ0) is 22.1. The van der Waals surface area contributed by atoms with Crippen LogP contribution in [0, 0.1) is 5.82 Å². The van der Waals surface area contributed by atoms with Crippen LogP contribution in [0.3, 0.4) is 0 Å². The van der Waals surface area contributed by atoms with Crippen molar-refractivity contribution in [2.75, 3.05) is 37.0 Å². The Morgan fingerprint density at radius 2 is 2.09 bits per heavy atom. The van der Waals surface area contributed by atoms with E-state index < -0.39 is 5.82 Å². The summed E-state index contributed by atoms with van der Waals surface area (Å²) >= 11 is 0. The molecule has 1 aliphatic rings. The zero-order valence-electron chi connectivity index (χ0n) is 17.2. The van der Waals surface area contributed by atoms with E-state index in [0.717, 1.165) is 11.9 Å². The van der Waals surface area contributed by atoms with Crippen LogP contribution < -0.4 is 20.3 Å². The normalized spacial score (nSPS) is 13.8. The van der Waals surface area contributed by atoms with Gasteiger partial charge in [0.05, 0.1) is 37.4 Å². The van der Waals surface area contributed by atoms with Gasteiger partial charge in [0.15, 0.2) is 5.82 Å². The maximum atomic E-state index is 14.6. The second-order valence-corrected chi connectivity index (χ2v) is 7.24. The highest BCUT2D eigenvalue weighted by Crippen LogP contribution is 2.32. The lowest BCUT2D eigenvalue weighted by atomic mass is 10.2. The van der Waals surface area contributed by atoms with Gasteiger partial charge in [-0.2, -0.15) is 0 Å². The van der Waals surface area contributed by atoms with Gasteiger partial charge in [0.25, 0.3) is 0 Å². The number of hydrogen-bond donors (Lipinski definition) is 2. The second-order valence-electron chi connectivity index (χ2n) is 7.24. The van der Waals surface area contributed by atoms with Crippen molar-refractivity contribution in [2.45, 2.75) is 0 Å². The molecule has 0 aliphatic carbocycles. The third kappa shape index (κ3) is 3.66. The van der Waals surface area contributed by atoms with Gasteiger partial charge in [0.1, 0.15) is 17.1 Å². The summed E-state index contributed by atoms with van der Waals surface area (Å²) in [5.74, 6) is 0.206. The Bertz CT molecular complexity index is 1310. The Balaban J connectivity index is 1.45. The Labute approximate surface area is 182 Å². The minimum absolute atomic E-state index is 0.0166. The van der Waals surface area contributed by atoms with E-state index in [2.05, 4.69) is 25.6 Å². The van der Waals surface area contributed by atoms with Gasteiger partial charge in [-0.3, -0.25) is 9.20 Å². The Morgan fingerprint density at radius 1 is 1.19 bits per heavy atom. The number of aromatic nitrogens is 4. The number of hydrogen-bond acceptors (Lipinski definition) is 7. The summed E-state index contributed by atoms with van der Waals surface area (Å²) in [6.07, 6.45) is 4.50. The highest BCUT2D eigenvalue weighted by atomic mass is 19.1. The summed E-state index contributed by atoms with van der Waals surface area (Å²) in [5, 5.41) is 5.91. The molecule has 4 aromatic rings. The lowest BCUT2D eigenvalue weighted by molar-refractivity contribution is -0.120. The predicted octanol–water partition coefficient (Wildman–Crippen LogP) is 2.62. The van der Waals surface area contributed by atoms with Crippen LogP contribution in [0.2, 0.25) is 0 Å². The molecular weight excluding hydrogens is 413 g/mol. The predicted molar refractivity (Wildman–Crippen MR) is 118 cm³/mol. The molecule has 4 heterocycles. The number of anilines is 3. The van der Waals surface area contributed by atoms with Crippen LogP contribution in [0.5, 0.6) is 5.75 Å². The van der Waals surface area contributed by atoms with Gasteiger partial charge in [-0.1, -0.05) is 6.07 Å². The van der Waals surface area contributed by atoms with E-state index in [-0.39, 0.29) is 17.5 Å². The highest BCUT2D eigenvalue weighted by Gasteiger charge is 2.19. The molecule has 32 heavy (non-hydrogen) atoms. The first-order chi connectivity index (χ1) is 15.6. The maximum Gasteiger partial charge on any atom is 0.239 e. The Hall–Kier alpha value is -4.21. The molecular formula is C22H20FN7O2. The van der Waals surface area contributed by atoms with E-state index in [1.54, 1.807) is 23.9 Å². The number of piperazine rings is 1. The minimum Gasteiger partial charge on any atom is -0.494 e. The molecule has 2 N–H and O–H groups in total. The Kier molecular flexibility index (Phi) is 5.02. The van der Waals surface area contributed by atoms with Gasteiger partial charge in [-0.15, -0.1) is 0 Å². The molecule has 1 fully saturated rings. The summed E-state index contributed by atoms with van der Waals surface area (Å²) in [7, 11) is 1.56. The number of rotatable bonds is 5. The van der Waals surface area contributed by atoms with E-state index in [0.29, 0.717) is 42.4 Å². The molecule has 5 rings (SSSR count). The number of benzene rings is 1. The summed E-state index contributed by atoms with van der Waals surface area (Å²) < 4.78 is 21.9.